The van der Waals surface area contributed by atoms with Crippen LogP contribution in [0.4, 0.5) is 0 Å². The minimum atomic E-state index is -0.726. The predicted molar refractivity (Wildman–Crippen MR) is 152 cm³/mol. The molecule has 0 bridgehead atoms. The molecular formula is C32H34N2O5. The minimum Gasteiger partial charge on any atom is -0.507 e. The van der Waals surface area contributed by atoms with E-state index in [0.29, 0.717) is 48.9 Å². The Hall–Kier alpha value is -4.36. The summed E-state index contributed by atoms with van der Waals surface area (Å²) in [4.78, 5) is 29.8. The molecule has 1 saturated heterocycles. The number of amides is 1. The summed E-state index contributed by atoms with van der Waals surface area (Å²) in [5.74, 6) is -0.282. The van der Waals surface area contributed by atoms with Crippen molar-refractivity contribution < 1.29 is 24.2 Å². The third-order valence-electron chi connectivity index (χ3n) is 6.51. The van der Waals surface area contributed by atoms with Crippen molar-refractivity contribution in [2.75, 3.05) is 33.8 Å². The van der Waals surface area contributed by atoms with E-state index in [9.17, 15) is 14.7 Å². The van der Waals surface area contributed by atoms with Crippen molar-refractivity contribution in [1.82, 2.24) is 9.80 Å². The van der Waals surface area contributed by atoms with Crippen LogP contribution in [0.15, 0.2) is 91.0 Å². The summed E-state index contributed by atoms with van der Waals surface area (Å²) in [6, 6.07) is 21.4. The number of aliphatic hydroxyl groups excluding tert-OH is 1. The van der Waals surface area contributed by atoms with Crippen LogP contribution in [0, 0.1) is 6.92 Å². The molecule has 1 fully saturated rings. The molecule has 7 heteroatoms. The van der Waals surface area contributed by atoms with Gasteiger partial charge in [0.05, 0.1) is 11.6 Å². The van der Waals surface area contributed by atoms with Crippen molar-refractivity contribution in [3.63, 3.8) is 0 Å². The van der Waals surface area contributed by atoms with E-state index in [4.69, 9.17) is 9.47 Å². The summed E-state index contributed by atoms with van der Waals surface area (Å²) in [5.41, 5.74) is 3.41. The lowest BCUT2D eigenvalue weighted by Gasteiger charge is -2.26. The van der Waals surface area contributed by atoms with E-state index in [1.165, 1.54) is 4.90 Å². The van der Waals surface area contributed by atoms with Crippen LogP contribution in [0.25, 0.3) is 5.76 Å². The van der Waals surface area contributed by atoms with E-state index in [-0.39, 0.29) is 11.3 Å². The van der Waals surface area contributed by atoms with Gasteiger partial charge in [-0.25, -0.2) is 0 Å². The van der Waals surface area contributed by atoms with Gasteiger partial charge >= 0.3 is 0 Å². The average molecular weight is 527 g/mol. The first-order chi connectivity index (χ1) is 18.8. The number of likely N-dealkylation sites (N-methyl/N-ethyl adjacent to an activating group) is 1. The van der Waals surface area contributed by atoms with Crippen LogP contribution in [0.3, 0.4) is 0 Å². The Morgan fingerprint density at radius 1 is 1.00 bits per heavy atom. The zero-order chi connectivity index (χ0) is 27.9. The van der Waals surface area contributed by atoms with Crippen LogP contribution < -0.4 is 9.47 Å². The van der Waals surface area contributed by atoms with Gasteiger partial charge in [-0.3, -0.25) is 9.59 Å². The number of likely N-dealkylation sites (tertiary alicyclic amines) is 1. The summed E-state index contributed by atoms with van der Waals surface area (Å²) >= 11 is 0. The molecule has 0 spiro atoms. The first-order valence-electron chi connectivity index (χ1n) is 12.8. The third-order valence-corrected chi connectivity index (χ3v) is 6.51. The molecule has 1 heterocycles. The Bertz CT molecular complexity index is 1360. The Labute approximate surface area is 229 Å². The molecular weight excluding hydrogens is 492 g/mol. The van der Waals surface area contributed by atoms with E-state index in [2.05, 4.69) is 12.6 Å². The van der Waals surface area contributed by atoms with Gasteiger partial charge in [0, 0.05) is 18.7 Å². The van der Waals surface area contributed by atoms with Crippen LogP contribution in [-0.2, 0) is 16.2 Å². The monoisotopic (exact) mass is 526 g/mol. The first kappa shape index (κ1) is 27.7. The molecule has 1 aliphatic rings. The molecule has 39 heavy (non-hydrogen) atoms. The van der Waals surface area contributed by atoms with Gasteiger partial charge < -0.3 is 24.4 Å². The van der Waals surface area contributed by atoms with Crippen molar-refractivity contribution in [3.8, 4) is 11.5 Å². The van der Waals surface area contributed by atoms with E-state index in [1.54, 1.807) is 42.5 Å². The second-order valence-corrected chi connectivity index (χ2v) is 9.77. The molecule has 1 aliphatic heterocycles. The molecule has 0 aromatic heterocycles. The number of benzene rings is 3. The maximum atomic E-state index is 13.2. The molecule has 3 aromatic rings. The molecule has 0 saturated carbocycles. The van der Waals surface area contributed by atoms with Gasteiger partial charge in [0.15, 0.2) is 0 Å². The highest BCUT2D eigenvalue weighted by Crippen LogP contribution is 2.40. The largest absolute Gasteiger partial charge is 0.507 e. The number of aliphatic hydroxyl groups is 1. The lowest BCUT2D eigenvalue weighted by molar-refractivity contribution is -0.140. The Morgan fingerprint density at radius 2 is 1.67 bits per heavy atom. The number of hydrogen-bond acceptors (Lipinski definition) is 6. The van der Waals surface area contributed by atoms with Crippen molar-refractivity contribution in [2.24, 2.45) is 0 Å². The fourth-order valence-corrected chi connectivity index (χ4v) is 4.50. The second-order valence-electron chi connectivity index (χ2n) is 9.77. The van der Waals surface area contributed by atoms with Crippen LogP contribution in [0.5, 0.6) is 11.5 Å². The molecule has 0 radical (unpaired) electrons. The van der Waals surface area contributed by atoms with Gasteiger partial charge in [0.1, 0.15) is 30.5 Å². The summed E-state index contributed by atoms with van der Waals surface area (Å²) in [5, 5.41) is 11.3. The number of aryl methyl sites for hydroxylation is 1. The van der Waals surface area contributed by atoms with Gasteiger partial charge in [-0.15, -0.1) is 0 Å². The number of hydrogen-bond donors (Lipinski definition) is 1. The fourth-order valence-electron chi connectivity index (χ4n) is 4.50. The van der Waals surface area contributed by atoms with Crippen molar-refractivity contribution >= 4 is 17.4 Å². The number of carbonyl (C=O) groups excluding carboxylic acids is 2. The number of nitrogens with zero attached hydrogens (tertiary/aromatic N) is 2. The Kier molecular flexibility index (Phi) is 8.84. The summed E-state index contributed by atoms with van der Waals surface area (Å²) in [6.45, 7) is 7.37. The van der Waals surface area contributed by atoms with Crippen LogP contribution >= 0.6 is 0 Å². The Morgan fingerprint density at radius 3 is 2.31 bits per heavy atom. The van der Waals surface area contributed by atoms with Crippen LogP contribution in [-0.4, -0.2) is 60.4 Å². The zero-order valence-corrected chi connectivity index (χ0v) is 22.6. The molecule has 1 unspecified atom stereocenters. The normalized spacial score (nSPS) is 16.5. The van der Waals surface area contributed by atoms with Crippen LogP contribution in [0.2, 0.25) is 0 Å². The highest BCUT2D eigenvalue weighted by Gasteiger charge is 2.45. The van der Waals surface area contributed by atoms with E-state index in [0.717, 1.165) is 11.1 Å². The van der Waals surface area contributed by atoms with E-state index in [1.807, 2.05) is 56.3 Å². The second kappa shape index (κ2) is 12.5. The summed E-state index contributed by atoms with van der Waals surface area (Å²) in [6.07, 6.45) is 1.66. The average Bonchev–Trinajstić information content (AvgIpc) is 3.19. The van der Waals surface area contributed by atoms with Gasteiger partial charge in [-0.2, -0.15) is 0 Å². The fraction of sp³-hybridized carbons (Fsp3) is 0.250. The minimum absolute atomic E-state index is 0.0620. The molecule has 1 atom stereocenters. The van der Waals surface area contributed by atoms with Gasteiger partial charge in [-0.05, 0) is 68.5 Å². The SMILES string of the molecule is C=CCOc1ccc(C2/C(=C(/O)c3ccc(OCc4cccc(C)c4)cc3)C(=O)C(=O)N2CCN(C)C)cc1. The molecule has 7 nitrogen and oxygen atoms in total. The molecule has 202 valence electrons. The van der Waals surface area contributed by atoms with Gasteiger partial charge in [0.2, 0.25) is 0 Å². The number of ether oxygens (including phenoxy) is 2. The topological polar surface area (TPSA) is 79.3 Å². The zero-order valence-electron chi connectivity index (χ0n) is 22.6. The molecule has 4 rings (SSSR count). The van der Waals surface area contributed by atoms with Crippen LogP contribution in [0.1, 0.15) is 28.3 Å². The Balaban J connectivity index is 1.63. The highest BCUT2D eigenvalue weighted by atomic mass is 16.5. The summed E-state index contributed by atoms with van der Waals surface area (Å²) < 4.78 is 11.5. The third kappa shape index (κ3) is 6.56. The highest BCUT2D eigenvalue weighted by molar-refractivity contribution is 6.46. The maximum absolute atomic E-state index is 13.2. The first-order valence-corrected chi connectivity index (χ1v) is 12.8. The number of carbonyl (C=O) groups is 2. The van der Waals surface area contributed by atoms with Crippen molar-refractivity contribution in [3.05, 3.63) is 113 Å². The molecule has 3 aromatic carbocycles. The standard InChI is InChI=1S/C32H34N2O5/c1-5-19-38-26-13-9-24(10-14-26)29-28(31(36)32(37)34(29)18-17-33(3)4)30(35)25-11-15-27(16-12-25)39-21-23-8-6-7-22(2)20-23/h5-16,20,29,35H,1,17-19,21H2,2-4H3/b30-28-. The number of ketones is 1. The molecule has 0 aliphatic carbocycles. The molecule has 1 N–H and O–H groups in total. The van der Waals surface area contributed by atoms with Crippen molar-refractivity contribution in [1.29, 1.82) is 0 Å². The smallest absolute Gasteiger partial charge is 0.295 e. The maximum Gasteiger partial charge on any atom is 0.295 e. The van der Waals surface area contributed by atoms with E-state index >= 15 is 0 Å². The van der Waals surface area contributed by atoms with Crippen molar-refractivity contribution in [2.45, 2.75) is 19.6 Å². The van der Waals surface area contributed by atoms with Gasteiger partial charge in [-0.1, -0.05) is 54.6 Å². The lowest BCUT2D eigenvalue weighted by Crippen LogP contribution is -2.35. The lowest BCUT2D eigenvalue weighted by atomic mass is 9.95. The number of Topliss-reactive ketones (excluding diaryl/α,β-unsaturated/α-hetero) is 1. The quantitative estimate of drug-likeness (QED) is 0.162. The van der Waals surface area contributed by atoms with E-state index < -0.39 is 17.7 Å². The predicted octanol–water partition coefficient (Wildman–Crippen LogP) is 5.12. The summed E-state index contributed by atoms with van der Waals surface area (Å²) in [7, 11) is 3.81. The van der Waals surface area contributed by atoms with Gasteiger partial charge in [0.25, 0.3) is 11.7 Å². The number of rotatable bonds is 11. The molecule has 1 amide bonds.